The van der Waals surface area contributed by atoms with Crippen molar-refractivity contribution in [1.82, 2.24) is 0 Å². The van der Waals surface area contributed by atoms with Gasteiger partial charge < -0.3 is 0 Å². The third-order valence-corrected chi connectivity index (χ3v) is 2.54. The summed E-state index contributed by atoms with van der Waals surface area (Å²) >= 11 is 0. The molecule has 0 N–H and O–H groups in total. The van der Waals surface area contributed by atoms with E-state index in [1.54, 1.807) is 12.2 Å². The van der Waals surface area contributed by atoms with Crippen LogP contribution < -0.4 is 0 Å². The van der Waals surface area contributed by atoms with Gasteiger partial charge in [-0.15, -0.1) is 0 Å². The highest BCUT2D eigenvalue weighted by molar-refractivity contribution is 5.27. The summed E-state index contributed by atoms with van der Waals surface area (Å²) in [5.41, 5.74) is -0.311. The molecule has 0 aromatic carbocycles. The highest BCUT2D eigenvalue weighted by atomic mass is 14.3. The average Bonchev–Trinajstić information content (AvgIpc) is 2.11. The summed E-state index contributed by atoms with van der Waals surface area (Å²) in [6.07, 6.45) is 3.22. The molecule has 0 aliphatic rings. The van der Waals surface area contributed by atoms with Crippen LogP contribution in [-0.2, 0) is 0 Å². The second kappa shape index (κ2) is 4.73. The lowest BCUT2D eigenvalue weighted by molar-refractivity contribution is 0.260. The molecule has 0 atom stereocenters. The Balaban J connectivity index is 5.04. The molecule has 0 bridgehead atoms. The molecular formula is C14H18. The van der Waals surface area contributed by atoms with Gasteiger partial charge >= 0.3 is 0 Å². The summed E-state index contributed by atoms with van der Waals surface area (Å²) in [5, 5.41) is 0. The molecule has 0 fully saturated rings. The van der Waals surface area contributed by atoms with Crippen molar-refractivity contribution in [1.29, 1.82) is 0 Å². The summed E-state index contributed by atoms with van der Waals surface area (Å²) in [5.74, 6) is 12.1. The molecule has 0 heterocycles. The standard InChI is InChI=1S/C14H18/c1-7-9-11-13(3,4)14(5,6)12-10-8-2/h7-8H,1-2H2,3-6H3. The fourth-order valence-electron chi connectivity index (χ4n) is 0.775. The minimum Gasteiger partial charge on any atom is -0.0907 e. The molecule has 0 saturated carbocycles. The van der Waals surface area contributed by atoms with Crippen LogP contribution in [0.2, 0.25) is 0 Å². The smallest absolute Gasteiger partial charge is 0.0422 e. The summed E-state index contributed by atoms with van der Waals surface area (Å²) in [6, 6.07) is 0. The molecule has 0 heteroatoms. The van der Waals surface area contributed by atoms with E-state index in [-0.39, 0.29) is 10.8 Å². The van der Waals surface area contributed by atoms with Crippen molar-refractivity contribution in [3.8, 4) is 23.7 Å². The van der Waals surface area contributed by atoms with Crippen molar-refractivity contribution < 1.29 is 0 Å². The first-order valence-electron chi connectivity index (χ1n) is 4.64. The van der Waals surface area contributed by atoms with Gasteiger partial charge in [-0.25, -0.2) is 0 Å². The van der Waals surface area contributed by atoms with Crippen LogP contribution in [0.1, 0.15) is 27.7 Å². The van der Waals surface area contributed by atoms with Crippen molar-refractivity contribution in [2.24, 2.45) is 10.8 Å². The Kier molecular flexibility index (Phi) is 4.26. The second-order valence-electron chi connectivity index (χ2n) is 4.20. The molecule has 0 amide bonds. The van der Waals surface area contributed by atoms with Crippen LogP contribution in [0, 0.1) is 34.5 Å². The van der Waals surface area contributed by atoms with Crippen LogP contribution >= 0.6 is 0 Å². The monoisotopic (exact) mass is 186 g/mol. The van der Waals surface area contributed by atoms with Crippen molar-refractivity contribution in [2.45, 2.75) is 27.7 Å². The fraction of sp³-hybridized carbons (Fsp3) is 0.429. The third-order valence-electron chi connectivity index (χ3n) is 2.54. The van der Waals surface area contributed by atoms with E-state index in [1.165, 1.54) is 0 Å². The maximum atomic E-state index is 3.58. The lowest BCUT2D eigenvalue weighted by Crippen LogP contribution is -2.29. The minimum absolute atomic E-state index is 0.156. The highest BCUT2D eigenvalue weighted by Crippen LogP contribution is 2.37. The van der Waals surface area contributed by atoms with Gasteiger partial charge in [-0.1, -0.05) is 36.8 Å². The Morgan fingerprint density at radius 1 is 0.786 bits per heavy atom. The van der Waals surface area contributed by atoms with E-state index in [1.807, 2.05) is 0 Å². The largest absolute Gasteiger partial charge is 0.0907 e. The summed E-state index contributed by atoms with van der Waals surface area (Å²) < 4.78 is 0. The predicted octanol–water partition coefficient (Wildman–Crippen LogP) is 3.42. The molecule has 74 valence electrons. The predicted molar refractivity (Wildman–Crippen MR) is 63.5 cm³/mol. The van der Waals surface area contributed by atoms with Gasteiger partial charge in [-0.3, -0.25) is 0 Å². The van der Waals surface area contributed by atoms with E-state index in [0.29, 0.717) is 0 Å². The van der Waals surface area contributed by atoms with Crippen LogP contribution in [0.4, 0.5) is 0 Å². The van der Waals surface area contributed by atoms with Crippen molar-refractivity contribution in [3.05, 3.63) is 25.3 Å². The van der Waals surface area contributed by atoms with Crippen molar-refractivity contribution >= 4 is 0 Å². The Morgan fingerprint density at radius 2 is 1.07 bits per heavy atom. The molecule has 0 unspecified atom stereocenters. The lowest BCUT2D eigenvalue weighted by Gasteiger charge is -2.32. The van der Waals surface area contributed by atoms with Gasteiger partial charge in [0.1, 0.15) is 0 Å². The minimum atomic E-state index is -0.156. The molecule has 0 spiro atoms. The molecule has 0 aliphatic heterocycles. The second-order valence-corrected chi connectivity index (χ2v) is 4.20. The number of hydrogen-bond donors (Lipinski definition) is 0. The third kappa shape index (κ3) is 3.15. The lowest BCUT2D eigenvalue weighted by atomic mass is 9.69. The maximum Gasteiger partial charge on any atom is 0.0422 e. The SMILES string of the molecule is C=CC#CC(C)(C)C(C)(C)C#CC=C. The molecular weight excluding hydrogens is 168 g/mol. The van der Waals surface area contributed by atoms with Crippen LogP contribution in [0.15, 0.2) is 25.3 Å². The van der Waals surface area contributed by atoms with Gasteiger partial charge in [0, 0.05) is 10.8 Å². The summed E-state index contributed by atoms with van der Waals surface area (Å²) in [7, 11) is 0. The maximum absolute atomic E-state index is 3.58. The number of rotatable bonds is 1. The van der Waals surface area contributed by atoms with E-state index >= 15 is 0 Å². The zero-order valence-corrected chi connectivity index (χ0v) is 9.57. The van der Waals surface area contributed by atoms with E-state index < -0.39 is 0 Å². The first kappa shape index (κ1) is 12.6. The van der Waals surface area contributed by atoms with Crippen LogP contribution in [0.5, 0.6) is 0 Å². The van der Waals surface area contributed by atoms with E-state index in [2.05, 4.69) is 64.5 Å². The topological polar surface area (TPSA) is 0 Å². The van der Waals surface area contributed by atoms with Gasteiger partial charge in [-0.2, -0.15) is 0 Å². The summed E-state index contributed by atoms with van der Waals surface area (Å²) in [6.45, 7) is 15.5. The van der Waals surface area contributed by atoms with Gasteiger partial charge in [0.25, 0.3) is 0 Å². The Hall–Kier alpha value is -1.40. The molecule has 0 radical (unpaired) electrons. The summed E-state index contributed by atoms with van der Waals surface area (Å²) in [4.78, 5) is 0. The molecule has 0 rings (SSSR count). The zero-order valence-electron chi connectivity index (χ0n) is 9.57. The number of hydrogen-bond acceptors (Lipinski definition) is 0. The van der Waals surface area contributed by atoms with Crippen LogP contribution in [0.3, 0.4) is 0 Å². The van der Waals surface area contributed by atoms with Gasteiger partial charge in [-0.05, 0) is 39.8 Å². The average molecular weight is 186 g/mol. The quantitative estimate of drug-likeness (QED) is 0.550. The normalized spacial score (nSPS) is 10.3. The molecule has 0 aliphatic carbocycles. The van der Waals surface area contributed by atoms with Crippen LogP contribution in [0.25, 0.3) is 0 Å². The first-order chi connectivity index (χ1) is 6.37. The zero-order chi connectivity index (χ0) is 11.2. The van der Waals surface area contributed by atoms with Crippen LogP contribution in [-0.4, -0.2) is 0 Å². The highest BCUT2D eigenvalue weighted by Gasteiger charge is 2.33. The van der Waals surface area contributed by atoms with Crippen molar-refractivity contribution in [3.63, 3.8) is 0 Å². The Bertz CT molecular complexity index is 296. The molecule has 0 saturated heterocycles. The van der Waals surface area contributed by atoms with Gasteiger partial charge in [0.2, 0.25) is 0 Å². The molecule has 0 nitrogen and oxygen atoms in total. The Labute approximate surface area is 88.1 Å². The van der Waals surface area contributed by atoms with E-state index in [0.717, 1.165) is 0 Å². The fourth-order valence-corrected chi connectivity index (χ4v) is 0.775. The van der Waals surface area contributed by atoms with Crippen molar-refractivity contribution in [2.75, 3.05) is 0 Å². The van der Waals surface area contributed by atoms with E-state index in [9.17, 15) is 0 Å². The van der Waals surface area contributed by atoms with Gasteiger partial charge in [0.15, 0.2) is 0 Å². The Morgan fingerprint density at radius 3 is 1.29 bits per heavy atom. The molecule has 0 aromatic heterocycles. The first-order valence-corrected chi connectivity index (χ1v) is 4.64. The number of allylic oxidation sites excluding steroid dienone is 2. The molecule has 14 heavy (non-hydrogen) atoms. The molecule has 0 aromatic rings. The van der Waals surface area contributed by atoms with Gasteiger partial charge in [0.05, 0.1) is 0 Å². The van der Waals surface area contributed by atoms with E-state index in [4.69, 9.17) is 0 Å².